The second-order valence-corrected chi connectivity index (χ2v) is 14.3. The number of benzene rings is 1. The molecule has 0 spiro atoms. The first-order valence-corrected chi connectivity index (χ1v) is 12.7. The number of hydrogen-bond acceptors (Lipinski definition) is 6. The van der Waals surface area contributed by atoms with E-state index in [-0.39, 0.29) is 11.2 Å². The van der Waals surface area contributed by atoms with E-state index in [4.69, 9.17) is 22.9 Å². The molecule has 6 nitrogen and oxygen atoms in total. The molecule has 0 amide bonds. The fourth-order valence-corrected chi connectivity index (χ4v) is 4.02. The zero-order chi connectivity index (χ0) is 19.5. The molecule has 25 heavy (non-hydrogen) atoms. The molecule has 0 radical (unpaired) electrons. The van der Waals surface area contributed by atoms with Gasteiger partial charge in [0.05, 0.1) is 20.4 Å². The summed E-state index contributed by atoms with van der Waals surface area (Å²) in [6.45, 7) is 10.8. The van der Waals surface area contributed by atoms with Gasteiger partial charge in [-0.2, -0.15) is 0 Å². The van der Waals surface area contributed by atoms with Gasteiger partial charge in [0.1, 0.15) is 0 Å². The molecule has 0 aromatic heterocycles. The molecule has 1 rings (SSSR count). The van der Waals surface area contributed by atoms with Crippen molar-refractivity contribution in [2.45, 2.75) is 45.1 Å². The molecule has 0 atom stereocenters. The summed E-state index contributed by atoms with van der Waals surface area (Å²) < 4.78 is 39.9. The fraction of sp³-hybridized carbons (Fsp3) is 0.647. The zero-order valence-electron chi connectivity index (χ0n) is 16.8. The first-order chi connectivity index (χ1) is 11.4. The lowest BCUT2D eigenvalue weighted by molar-refractivity contribution is 0.274. The van der Waals surface area contributed by atoms with Crippen molar-refractivity contribution in [3.63, 3.8) is 0 Å². The molecule has 0 fully saturated rings. The second-order valence-electron chi connectivity index (χ2n) is 7.33. The van der Waals surface area contributed by atoms with E-state index in [2.05, 4.69) is 33.9 Å². The van der Waals surface area contributed by atoms with E-state index in [9.17, 15) is 4.57 Å². The fourth-order valence-electron chi connectivity index (χ4n) is 1.96. The molecule has 0 aliphatic rings. The standard InChI is InChI=1S/C17H31O6PSi/c1-17(2,3)25(8,9)23-16-14(19-4)10-13(11-15(16)20-5)12-24(18,21-6)22-7/h10-11H,12H2,1-9H3. The molecule has 0 unspecified atom stereocenters. The molecular weight excluding hydrogens is 359 g/mol. The average molecular weight is 390 g/mol. The van der Waals surface area contributed by atoms with Gasteiger partial charge in [0, 0.05) is 14.2 Å². The maximum absolute atomic E-state index is 12.4. The van der Waals surface area contributed by atoms with Gasteiger partial charge in [0.25, 0.3) is 8.32 Å². The summed E-state index contributed by atoms with van der Waals surface area (Å²) in [5.41, 5.74) is 0.725. The van der Waals surface area contributed by atoms with E-state index >= 15 is 0 Å². The quantitative estimate of drug-likeness (QED) is 0.456. The summed E-state index contributed by atoms with van der Waals surface area (Å²) in [5.74, 6) is 1.65. The normalized spacial score (nSPS) is 12.8. The highest BCUT2D eigenvalue weighted by Gasteiger charge is 2.40. The Labute approximate surface area is 152 Å². The van der Waals surface area contributed by atoms with E-state index < -0.39 is 15.9 Å². The van der Waals surface area contributed by atoms with Gasteiger partial charge in [0.15, 0.2) is 17.2 Å². The Balaban J connectivity index is 3.35. The Morgan fingerprint density at radius 3 is 1.72 bits per heavy atom. The van der Waals surface area contributed by atoms with Crippen LogP contribution in [-0.2, 0) is 19.8 Å². The number of methoxy groups -OCH3 is 2. The maximum atomic E-state index is 12.4. The highest BCUT2D eigenvalue weighted by Crippen LogP contribution is 2.52. The molecule has 0 bridgehead atoms. The van der Waals surface area contributed by atoms with E-state index in [1.807, 2.05) is 0 Å². The van der Waals surface area contributed by atoms with Crippen LogP contribution < -0.4 is 13.9 Å². The minimum Gasteiger partial charge on any atom is -0.539 e. The van der Waals surface area contributed by atoms with Gasteiger partial charge in [-0.1, -0.05) is 20.8 Å². The van der Waals surface area contributed by atoms with Crippen molar-refractivity contribution in [1.29, 1.82) is 0 Å². The van der Waals surface area contributed by atoms with Crippen LogP contribution in [-0.4, -0.2) is 36.8 Å². The molecule has 0 saturated heterocycles. The third-order valence-electron chi connectivity index (χ3n) is 4.62. The minimum atomic E-state index is -3.19. The van der Waals surface area contributed by atoms with Crippen LogP contribution in [0.1, 0.15) is 26.3 Å². The Morgan fingerprint density at radius 1 is 0.960 bits per heavy atom. The van der Waals surface area contributed by atoms with Gasteiger partial charge >= 0.3 is 7.60 Å². The monoisotopic (exact) mass is 390 g/mol. The van der Waals surface area contributed by atoms with Crippen molar-refractivity contribution >= 4 is 15.9 Å². The van der Waals surface area contributed by atoms with Crippen molar-refractivity contribution < 1.29 is 27.5 Å². The zero-order valence-corrected chi connectivity index (χ0v) is 18.7. The Bertz CT molecular complexity index is 606. The highest BCUT2D eigenvalue weighted by atomic mass is 31.2. The van der Waals surface area contributed by atoms with E-state index in [1.54, 1.807) is 26.4 Å². The average Bonchev–Trinajstić information content (AvgIpc) is 2.54. The van der Waals surface area contributed by atoms with E-state index in [1.165, 1.54) is 14.2 Å². The van der Waals surface area contributed by atoms with Gasteiger partial charge in [-0.25, -0.2) is 0 Å². The second kappa shape index (κ2) is 8.12. The SMILES string of the molecule is COc1cc(CP(=O)(OC)OC)cc(OC)c1O[Si](C)(C)C(C)(C)C. The Morgan fingerprint density at radius 2 is 1.40 bits per heavy atom. The van der Waals surface area contributed by atoms with Crippen LogP contribution >= 0.6 is 7.60 Å². The van der Waals surface area contributed by atoms with Crippen LogP contribution in [0, 0.1) is 0 Å². The minimum absolute atomic E-state index is 0.0312. The molecule has 1 aromatic rings. The van der Waals surface area contributed by atoms with Crippen LogP contribution in [0.25, 0.3) is 0 Å². The Hall–Kier alpha value is -1.01. The van der Waals surface area contributed by atoms with Crippen LogP contribution in [0.3, 0.4) is 0 Å². The summed E-state index contributed by atoms with van der Waals surface area (Å²) in [5, 5.41) is 0.0312. The third-order valence-corrected chi connectivity index (χ3v) is 10.8. The van der Waals surface area contributed by atoms with Gasteiger partial charge in [0.2, 0.25) is 0 Å². The molecular formula is C17H31O6PSi. The maximum Gasteiger partial charge on any atom is 0.334 e. The molecule has 0 heterocycles. The lowest BCUT2D eigenvalue weighted by Gasteiger charge is -2.37. The highest BCUT2D eigenvalue weighted by molar-refractivity contribution is 7.52. The first-order valence-electron chi connectivity index (χ1n) is 8.07. The third kappa shape index (κ3) is 5.23. The number of ether oxygens (including phenoxy) is 2. The van der Waals surface area contributed by atoms with Crippen LogP contribution in [0.15, 0.2) is 12.1 Å². The van der Waals surface area contributed by atoms with Crippen molar-refractivity contribution in [3.05, 3.63) is 17.7 Å². The summed E-state index contributed by atoms with van der Waals surface area (Å²) in [7, 11) is 0.610. The topological polar surface area (TPSA) is 63.2 Å². The number of rotatable bonds is 8. The first kappa shape index (κ1) is 22.0. The lowest BCUT2D eigenvalue weighted by atomic mass is 10.2. The van der Waals surface area contributed by atoms with Crippen LogP contribution in [0.4, 0.5) is 0 Å². The summed E-state index contributed by atoms with van der Waals surface area (Å²) in [6.07, 6.45) is 0.118. The summed E-state index contributed by atoms with van der Waals surface area (Å²) >= 11 is 0. The summed E-state index contributed by atoms with van der Waals surface area (Å²) in [6, 6.07) is 3.57. The molecule has 0 N–H and O–H groups in total. The Kier molecular flexibility index (Phi) is 7.16. The molecule has 8 heteroatoms. The van der Waals surface area contributed by atoms with Gasteiger partial charge in [-0.3, -0.25) is 4.57 Å². The predicted molar refractivity (Wildman–Crippen MR) is 103 cm³/mol. The largest absolute Gasteiger partial charge is 0.539 e. The smallest absolute Gasteiger partial charge is 0.334 e. The molecule has 1 aromatic carbocycles. The molecule has 144 valence electrons. The van der Waals surface area contributed by atoms with Crippen LogP contribution in [0.5, 0.6) is 17.2 Å². The summed E-state index contributed by atoms with van der Waals surface area (Å²) in [4.78, 5) is 0. The molecule has 0 aliphatic heterocycles. The van der Waals surface area contributed by atoms with Gasteiger partial charge < -0.3 is 22.9 Å². The lowest BCUT2D eigenvalue weighted by Crippen LogP contribution is -2.44. The van der Waals surface area contributed by atoms with Gasteiger partial charge in [-0.05, 0) is 35.8 Å². The van der Waals surface area contributed by atoms with E-state index in [0.29, 0.717) is 17.2 Å². The van der Waals surface area contributed by atoms with Crippen molar-refractivity contribution in [2.24, 2.45) is 0 Å². The van der Waals surface area contributed by atoms with Gasteiger partial charge in [-0.15, -0.1) is 0 Å². The number of hydrogen-bond donors (Lipinski definition) is 0. The van der Waals surface area contributed by atoms with Crippen molar-refractivity contribution in [1.82, 2.24) is 0 Å². The van der Waals surface area contributed by atoms with Crippen LogP contribution in [0.2, 0.25) is 18.1 Å². The van der Waals surface area contributed by atoms with Crippen molar-refractivity contribution in [2.75, 3.05) is 28.4 Å². The molecule has 0 aliphatic carbocycles. The molecule has 0 saturated carbocycles. The van der Waals surface area contributed by atoms with E-state index in [0.717, 1.165) is 5.56 Å². The van der Waals surface area contributed by atoms with Crippen molar-refractivity contribution in [3.8, 4) is 17.2 Å². The predicted octanol–water partition coefficient (Wildman–Crippen LogP) is 5.07.